The molecule has 12 saturated heterocycles. The van der Waals surface area contributed by atoms with Gasteiger partial charge in [0.2, 0.25) is 0 Å². The van der Waals surface area contributed by atoms with Gasteiger partial charge in [-0.05, 0) is 310 Å². The molecule has 0 bridgehead atoms. The molecular weight excluding hydrogens is 1850 g/mol. The second-order valence-electron chi connectivity index (χ2n) is 50.5. The summed E-state index contributed by atoms with van der Waals surface area (Å²) in [7, 11) is 4.43. The molecule has 0 spiro atoms. The summed E-state index contributed by atoms with van der Waals surface area (Å²) < 4.78 is 40.5. The Morgan fingerprint density at radius 3 is 0.740 bits per heavy atom. The lowest BCUT2D eigenvalue weighted by atomic mass is 9.80. The van der Waals surface area contributed by atoms with Gasteiger partial charge in [-0.25, -0.2) is 0 Å². The van der Waals surface area contributed by atoms with Crippen molar-refractivity contribution in [1.82, 2.24) is 88.2 Å². The number of hydrogen-bond donors (Lipinski definition) is 0. The van der Waals surface area contributed by atoms with Crippen molar-refractivity contribution in [3.63, 3.8) is 0 Å². The second kappa shape index (κ2) is 64.1. The summed E-state index contributed by atoms with van der Waals surface area (Å²) in [5, 5.41) is 0. The molecule has 0 amide bonds. The lowest BCUT2D eigenvalue weighted by Crippen LogP contribution is -2.54. The molecule has 12 heterocycles. The van der Waals surface area contributed by atoms with Crippen LogP contribution in [0.1, 0.15) is 257 Å². The maximum Gasteiger partial charge on any atom is 0.311 e. The fourth-order valence-corrected chi connectivity index (χ4v) is 21.5. The quantitative estimate of drug-likeness (QED) is 0.0498. The summed E-state index contributed by atoms with van der Waals surface area (Å²) in [5.74, 6) is 0.0639. The smallest absolute Gasteiger partial charge is 0.311 e. The van der Waals surface area contributed by atoms with E-state index in [0.717, 1.165) is 280 Å². The van der Waals surface area contributed by atoms with E-state index in [1.165, 1.54) is 126 Å². The number of nitrogens with zero attached hydrogens (tertiary/aromatic N) is 18. The number of piperazine rings is 6. The monoisotopic (exact) mass is 2070 g/mol. The summed E-state index contributed by atoms with van der Waals surface area (Å²) in [6.07, 6.45) is 10.3. The van der Waals surface area contributed by atoms with Gasteiger partial charge >= 0.3 is 41.8 Å². The summed E-state index contributed by atoms with van der Waals surface area (Å²) in [5.41, 5.74) is 1.33. The van der Waals surface area contributed by atoms with Crippen molar-refractivity contribution >= 4 is 41.8 Å². The van der Waals surface area contributed by atoms with Gasteiger partial charge in [0, 0.05) is 281 Å². The zero-order valence-electron chi connectivity index (χ0n) is 98.9. The number of methoxy groups -OCH3 is 3. The first-order valence-corrected chi connectivity index (χ1v) is 57.3. The predicted molar refractivity (Wildman–Crippen MR) is 590 cm³/mol. The number of piperidine rings is 5. The lowest BCUT2D eigenvalue weighted by molar-refractivity contribution is -0.157. The van der Waals surface area contributed by atoms with Crippen molar-refractivity contribution in [3.05, 3.63) is 0 Å². The highest BCUT2D eigenvalue weighted by Gasteiger charge is 2.42. The molecule has 146 heavy (non-hydrogen) atoms. The first-order valence-electron chi connectivity index (χ1n) is 57.3. The molecule has 0 unspecified atom stereocenters. The third kappa shape index (κ3) is 48.7. The fraction of sp³-hybridized carbons (Fsp3) is 0.938. The molecule has 852 valence electrons. The molecule has 0 saturated carbocycles. The van der Waals surface area contributed by atoms with Crippen LogP contribution in [0.25, 0.3) is 0 Å². The van der Waals surface area contributed by atoms with Gasteiger partial charge in [0.25, 0.3) is 0 Å². The number of carbonyl (C=O) groups is 7. The van der Waals surface area contributed by atoms with E-state index in [0.29, 0.717) is 50.3 Å². The highest BCUT2D eigenvalue weighted by Crippen LogP contribution is 2.35. The van der Waals surface area contributed by atoms with E-state index in [-0.39, 0.29) is 98.1 Å². The molecule has 0 aromatic carbocycles. The van der Waals surface area contributed by atoms with E-state index in [1.807, 2.05) is 27.7 Å². The van der Waals surface area contributed by atoms with E-state index >= 15 is 0 Å². The van der Waals surface area contributed by atoms with Gasteiger partial charge in [-0.15, -0.1) is 0 Å². The normalized spacial score (nSPS) is 22.8. The Kier molecular flexibility index (Phi) is 57.2. The number of rotatable bonds is 29. The number of morpholine rings is 1. The van der Waals surface area contributed by atoms with E-state index in [4.69, 9.17) is 33.2 Å². The van der Waals surface area contributed by atoms with Crippen LogP contribution in [0.15, 0.2) is 0 Å². The van der Waals surface area contributed by atoms with E-state index in [9.17, 15) is 33.6 Å². The van der Waals surface area contributed by atoms with Crippen LogP contribution in [0, 0.1) is 28.6 Å². The molecule has 0 aliphatic carbocycles. The average Bonchev–Trinajstić information content (AvgIpc) is 0.824. The van der Waals surface area contributed by atoms with Crippen molar-refractivity contribution in [3.8, 4) is 0 Å². The minimum Gasteiger partial charge on any atom is -0.469 e. The molecule has 33 heteroatoms. The maximum absolute atomic E-state index is 12.1. The van der Waals surface area contributed by atoms with E-state index in [1.54, 1.807) is 0 Å². The third-order valence-electron chi connectivity index (χ3n) is 32.9. The summed E-state index contributed by atoms with van der Waals surface area (Å²) >= 11 is 0. The molecule has 0 aromatic rings. The van der Waals surface area contributed by atoms with Crippen LogP contribution < -0.4 is 0 Å². The zero-order valence-corrected chi connectivity index (χ0v) is 98.9. The number of likely N-dealkylation sites (tertiary alicyclic amines) is 5. The van der Waals surface area contributed by atoms with Crippen molar-refractivity contribution in [2.75, 3.05) is 369 Å². The van der Waals surface area contributed by atoms with E-state index < -0.39 is 0 Å². The first-order chi connectivity index (χ1) is 68.6. The molecular formula is C113H220N18O15. The maximum atomic E-state index is 12.1. The predicted octanol–water partition coefficient (Wildman–Crippen LogP) is 10.4. The molecule has 0 atom stereocenters. The Labute approximate surface area is 889 Å². The van der Waals surface area contributed by atoms with Crippen molar-refractivity contribution in [2.45, 2.75) is 296 Å². The Bertz CT molecular complexity index is 3600. The molecule has 0 aromatic heterocycles. The molecule has 0 N–H and O–H groups in total. The number of ether oxygens (including phenoxy) is 8. The van der Waals surface area contributed by atoms with Gasteiger partial charge in [-0.3, -0.25) is 92.4 Å². The summed E-state index contributed by atoms with van der Waals surface area (Å²) in [6.45, 7) is 112. The van der Waals surface area contributed by atoms with Gasteiger partial charge in [-0.2, -0.15) is 0 Å². The minimum atomic E-state index is -0.274. The first kappa shape index (κ1) is 130. The largest absolute Gasteiger partial charge is 0.469 e. The standard InChI is InChI=1S/C19H37N3O2.2C18H35N3O2.C17H33N3O2.C16H30N2O3.C13H26N2O2.C12H24N2O2/c1-6-24-17(23)19(5)7-9-20(10-8-19)11-12-21-13-15-22(16-14-21)18(2,3)4;1-17(2,3)21-14-12-20(13-15-21)11-10-19-8-6-18(4,7-9-19)16(22)23-5;1-5-23-17(22)16-6-8-19(9-7-16)10-11-20-12-14-21(15-13-20)18(2,3)4;1-17(2,3)20-13-11-19(12-14-20)10-9-18-7-5-15(6-8-18)16(21)22-4;1-16(2,3)18-6-4-14(5-7-18)15(19)21-13-10-17-8-11-20-12-9-17;1-5-17-12(16)6-7-14-8-10-15(11-9-14)13(2,3)4;1-12(2,3)14-9-7-13(8-10-14)6-5-11(15)16-4/h6-16H2,1-5H3;6-15H2,1-5H3;16H,5-15H2,1-4H3;15H,5-14H2,1-4H3;14H,4-13H2,1-3H3;5-11H2,1-4H3;5-10H2,1-4H3. The topological polar surface area (TPSA) is 252 Å². The number of hydrogen-bond acceptors (Lipinski definition) is 33. The Morgan fingerprint density at radius 1 is 0.240 bits per heavy atom. The van der Waals surface area contributed by atoms with Gasteiger partial charge in [0.05, 0.1) is 95.8 Å². The SMILES string of the molecule is CC(C)(C)N1CCC(C(=O)OCCN2CCOCC2)CC1.CCOC(=O)C1(C)CCN(CCN2CCN(C(C)(C)C)CC2)CC1.CCOC(=O)C1CCN(CCN2CCN(C(C)(C)C)CC2)CC1.CCOC(=O)CCN1CCN(C(C)(C)C)CC1.COC(=O)C1(C)CCN(CCN2CCN(C(C)(C)C)CC2)CC1.COC(=O)C1CCN(CCN2CCN(C(C)(C)C)CC2)CC1.COC(=O)CCN1CCN(C(C)(C)C)CC1. The second-order valence-corrected chi connectivity index (χ2v) is 50.5. The van der Waals surface area contributed by atoms with Crippen LogP contribution in [0.4, 0.5) is 0 Å². The summed E-state index contributed by atoms with van der Waals surface area (Å²) in [6, 6.07) is 0. The van der Waals surface area contributed by atoms with Gasteiger partial charge in [0.1, 0.15) is 6.61 Å². The molecule has 12 rings (SSSR count). The van der Waals surface area contributed by atoms with Crippen molar-refractivity contribution in [2.24, 2.45) is 28.6 Å². The molecule has 33 nitrogen and oxygen atoms in total. The fourth-order valence-electron chi connectivity index (χ4n) is 21.5. The molecule has 12 aliphatic heterocycles. The Morgan fingerprint density at radius 2 is 0.473 bits per heavy atom. The van der Waals surface area contributed by atoms with Gasteiger partial charge < -0.3 is 67.3 Å². The van der Waals surface area contributed by atoms with Crippen LogP contribution in [-0.4, -0.2) is 537 Å². The Balaban J connectivity index is 0.000000261. The number of carbonyl (C=O) groups excluding carboxylic acids is 7. The lowest BCUT2D eigenvalue weighted by Gasteiger charge is -2.43. The average molecular weight is 2070 g/mol. The van der Waals surface area contributed by atoms with Crippen molar-refractivity contribution in [1.29, 1.82) is 0 Å². The summed E-state index contributed by atoms with van der Waals surface area (Å²) in [4.78, 5) is 127. The molecule has 0 radical (unpaired) electrons. The highest BCUT2D eigenvalue weighted by atomic mass is 16.6. The third-order valence-corrected chi connectivity index (χ3v) is 32.9. The molecule has 12 aliphatic rings. The minimum absolute atomic E-state index is 0.00295. The zero-order chi connectivity index (χ0) is 108. The van der Waals surface area contributed by atoms with Crippen LogP contribution in [0.5, 0.6) is 0 Å². The highest BCUT2D eigenvalue weighted by molar-refractivity contribution is 5.77. The molecule has 12 fully saturated rings. The number of esters is 7. The van der Waals surface area contributed by atoms with E-state index in [2.05, 4.69) is 245 Å². The van der Waals surface area contributed by atoms with Gasteiger partial charge in [-0.1, -0.05) is 0 Å². The van der Waals surface area contributed by atoms with Crippen LogP contribution in [0.2, 0.25) is 0 Å². The Hall–Kier alpha value is -4.47. The van der Waals surface area contributed by atoms with Crippen LogP contribution >= 0.6 is 0 Å². The van der Waals surface area contributed by atoms with Gasteiger partial charge in [0.15, 0.2) is 0 Å². The van der Waals surface area contributed by atoms with Crippen LogP contribution in [0.3, 0.4) is 0 Å². The van der Waals surface area contributed by atoms with Crippen LogP contribution in [-0.2, 0) is 71.5 Å². The van der Waals surface area contributed by atoms with Crippen molar-refractivity contribution < 1.29 is 71.5 Å².